The van der Waals surface area contributed by atoms with E-state index in [9.17, 15) is 9.90 Å². The van der Waals surface area contributed by atoms with Crippen molar-refractivity contribution in [2.75, 3.05) is 5.32 Å². The molecule has 3 atom stereocenters. The maximum Gasteiger partial charge on any atom is 0.221 e. The summed E-state index contributed by atoms with van der Waals surface area (Å²) in [5.41, 5.74) is 3.26. The highest BCUT2D eigenvalue weighted by Gasteiger charge is 2.33. The lowest BCUT2D eigenvalue weighted by Gasteiger charge is -2.36. The lowest BCUT2D eigenvalue weighted by atomic mass is 10.00. The number of carbonyl (C=O) groups is 1. The van der Waals surface area contributed by atoms with Crippen LogP contribution < -0.4 is 5.32 Å². The number of amides is 1. The van der Waals surface area contributed by atoms with E-state index in [1.807, 2.05) is 48.5 Å². The molecule has 1 aliphatic heterocycles. The third-order valence-electron chi connectivity index (χ3n) is 5.23. The summed E-state index contributed by atoms with van der Waals surface area (Å²) in [5, 5.41) is 12.7. The van der Waals surface area contributed by atoms with Crippen LogP contribution in [0.1, 0.15) is 42.4 Å². The number of halogens is 2. The Morgan fingerprint density at radius 2 is 1.97 bits per heavy atom. The number of nitrogens with one attached hydrogen (secondary N) is 1. The van der Waals surface area contributed by atoms with Crippen LogP contribution in [0.5, 0.6) is 0 Å². The summed E-state index contributed by atoms with van der Waals surface area (Å²) in [4.78, 5) is 15.5. The zero-order valence-corrected chi connectivity index (χ0v) is 18.9. The fourth-order valence-corrected chi connectivity index (χ4v) is 4.00. The first-order valence-corrected chi connectivity index (χ1v) is 10.9. The molecule has 0 aliphatic carbocycles. The van der Waals surface area contributed by atoms with Crippen LogP contribution in [0.2, 0.25) is 10.3 Å². The van der Waals surface area contributed by atoms with E-state index in [1.165, 1.54) is 6.92 Å². The van der Waals surface area contributed by atoms with Crippen molar-refractivity contribution in [3.63, 3.8) is 0 Å². The Kier molecular flexibility index (Phi) is 7.13. The van der Waals surface area contributed by atoms with Crippen molar-refractivity contribution in [1.29, 1.82) is 0 Å². The third-order valence-corrected chi connectivity index (χ3v) is 6.00. The summed E-state index contributed by atoms with van der Waals surface area (Å²) in [5.74, 6) is -0.154. The number of aromatic nitrogens is 2. The Morgan fingerprint density at radius 1 is 1.19 bits per heavy atom. The monoisotopic (exact) mass is 475 g/mol. The van der Waals surface area contributed by atoms with E-state index in [4.69, 9.17) is 32.7 Å². The second-order valence-electron chi connectivity index (χ2n) is 7.64. The number of hydrogen-bond acceptors (Lipinski definition) is 5. The van der Waals surface area contributed by atoms with E-state index in [0.717, 1.165) is 16.7 Å². The fourth-order valence-electron chi connectivity index (χ4n) is 3.69. The molecule has 32 heavy (non-hydrogen) atoms. The van der Waals surface area contributed by atoms with Gasteiger partial charge in [0.25, 0.3) is 0 Å². The van der Waals surface area contributed by atoms with Gasteiger partial charge in [0.1, 0.15) is 5.15 Å². The minimum atomic E-state index is -0.650. The lowest BCUT2D eigenvalue weighted by molar-refractivity contribution is -0.252. The Balaban J connectivity index is 1.61. The number of rotatable bonds is 6. The topological polar surface area (TPSA) is 85.6 Å². The molecule has 1 fully saturated rings. The Hall–Kier alpha value is -2.42. The van der Waals surface area contributed by atoms with Gasteiger partial charge in [0, 0.05) is 24.6 Å². The zero-order valence-electron chi connectivity index (χ0n) is 17.4. The van der Waals surface area contributed by atoms with Crippen molar-refractivity contribution in [2.45, 2.75) is 45.0 Å². The summed E-state index contributed by atoms with van der Waals surface area (Å²) in [6, 6.07) is 15.0. The molecule has 1 aromatic heterocycles. The maximum absolute atomic E-state index is 11.5. The van der Waals surface area contributed by atoms with E-state index >= 15 is 0 Å². The van der Waals surface area contributed by atoms with Crippen LogP contribution in [-0.2, 0) is 27.4 Å². The minimum absolute atomic E-state index is 0.0179. The van der Waals surface area contributed by atoms with Crippen molar-refractivity contribution in [2.24, 2.45) is 0 Å². The van der Waals surface area contributed by atoms with Crippen LogP contribution in [0.4, 0.5) is 5.69 Å². The first-order valence-electron chi connectivity index (χ1n) is 10.2. The molecule has 1 saturated heterocycles. The van der Waals surface area contributed by atoms with Gasteiger partial charge in [-0.3, -0.25) is 4.79 Å². The lowest BCUT2D eigenvalue weighted by Crippen LogP contribution is -2.32. The van der Waals surface area contributed by atoms with Crippen LogP contribution in [0, 0.1) is 0 Å². The number of ether oxygens (including phenoxy) is 2. The second kappa shape index (κ2) is 10.0. The van der Waals surface area contributed by atoms with E-state index in [1.54, 1.807) is 10.9 Å². The average Bonchev–Trinajstić information content (AvgIpc) is 3.11. The van der Waals surface area contributed by atoms with Gasteiger partial charge in [-0.25, -0.2) is 4.98 Å². The van der Waals surface area contributed by atoms with Crippen LogP contribution in [0.15, 0.2) is 54.9 Å². The Labute approximate surface area is 195 Å². The van der Waals surface area contributed by atoms with Crippen LogP contribution >= 0.6 is 23.2 Å². The minimum Gasteiger partial charge on any atom is -0.392 e. The standard InChI is InChI=1S/C23H23Cl2N3O4/c1-14(30)27-18-4-2-3-17(9-18)23-31-19(11-28-13-26-21(24)22(28)25)10-20(32-23)16-7-5-15(12-29)6-8-16/h2-9,13,19-20,23,29H,10-12H2,1H3,(H,27,30)/t19-,20+,23+/m0/s1. The summed E-state index contributed by atoms with van der Waals surface area (Å²) in [7, 11) is 0. The molecule has 0 radical (unpaired) electrons. The van der Waals surface area contributed by atoms with Gasteiger partial charge in [-0.15, -0.1) is 0 Å². The number of nitrogens with zero attached hydrogens (tertiary/aromatic N) is 2. The van der Waals surface area contributed by atoms with Gasteiger partial charge in [0.05, 0.1) is 31.7 Å². The van der Waals surface area contributed by atoms with Crippen molar-refractivity contribution in [1.82, 2.24) is 9.55 Å². The molecule has 1 aliphatic rings. The second-order valence-corrected chi connectivity index (χ2v) is 8.35. The number of benzene rings is 2. The van der Waals surface area contributed by atoms with Gasteiger partial charge in [0.2, 0.25) is 5.91 Å². The molecule has 2 heterocycles. The Bertz CT molecular complexity index is 1090. The van der Waals surface area contributed by atoms with Crippen molar-refractivity contribution in [3.05, 3.63) is 81.9 Å². The molecule has 0 spiro atoms. The van der Waals surface area contributed by atoms with Crippen molar-refractivity contribution < 1.29 is 19.4 Å². The molecule has 4 rings (SSSR count). The quantitative estimate of drug-likeness (QED) is 0.530. The van der Waals surface area contributed by atoms with E-state index in [-0.39, 0.29) is 29.9 Å². The van der Waals surface area contributed by atoms with Gasteiger partial charge in [-0.1, -0.05) is 59.6 Å². The number of aliphatic hydroxyl groups is 1. The molecule has 2 aromatic carbocycles. The van der Waals surface area contributed by atoms with E-state index in [2.05, 4.69) is 10.3 Å². The molecule has 9 heteroatoms. The summed E-state index contributed by atoms with van der Waals surface area (Å²) in [6.07, 6.45) is 1.05. The summed E-state index contributed by atoms with van der Waals surface area (Å²) >= 11 is 12.3. The van der Waals surface area contributed by atoms with Crippen LogP contribution in [-0.4, -0.2) is 26.7 Å². The highest BCUT2D eigenvalue weighted by molar-refractivity contribution is 6.40. The Morgan fingerprint density at radius 3 is 2.62 bits per heavy atom. The third kappa shape index (κ3) is 5.31. The maximum atomic E-state index is 11.5. The molecule has 0 saturated carbocycles. The average molecular weight is 476 g/mol. The molecule has 168 valence electrons. The molecule has 1 amide bonds. The molecule has 2 N–H and O–H groups in total. The normalized spacial score (nSPS) is 20.8. The van der Waals surface area contributed by atoms with Crippen molar-refractivity contribution in [3.8, 4) is 0 Å². The molecule has 3 aromatic rings. The molecular formula is C23H23Cl2N3O4. The van der Waals surface area contributed by atoms with Crippen LogP contribution in [0.3, 0.4) is 0 Å². The van der Waals surface area contributed by atoms with E-state index < -0.39 is 6.29 Å². The molecular weight excluding hydrogens is 453 g/mol. The number of aliphatic hydroxyl groups excluding tert-OH is 1. The van der Waals surface area contributed by atoms with Gasteiger partial charge in [0.15, 0.2) is 11.4 Å². The van der Waals surface area contributed by atoms with E-state index in [0.29, 0.717) is 23.8 Å². The molecule has 7 nitrogen and oxygen atoms in total. The zero-order chi connectivity index (χ0) is 22.7. The predicted molar refractivity (Wildman–Crippen MR) is 121 cm³/mol. The highest BCUT2D eigenvalue weighted by Crippen LogP contribution is 2.39. The summed E-state index contributed by atoms with van der Waals surface area (Å²) < 4.78 is 14.3. The van der Waals surface area contributed by atoms with Gasteiger partial charge < -0.3 is 24.5 Å². The smallest absolute Gasteiger partial charge is 0.221 e. The largest absolute Gasteiger partial charge is 0.392 e. The highest BCUT2D eigenvalue weighted by atomic mass is 35.5. The van der Waals surface area contributed by atoms with Gasteiger partial charge in [-0.2, -0.15) is 0 Å². The number of anilines is 1. The SMILES string of the molecule is CC(=O)Nc1cccc([C@@H]2O[C@H](Cn3cnc(Cl)c3Cl)C[C@H](c3ccc(CO)cc3)O2)c1. The molecule has 0 bridgehead atoms. The fraction of sp³-hybridized carbons (Fsp3) is 0.304. The van der Waals surface area contributed by atoms with Crippen LogP contribution in [0.25, 0.3) is 0 Å². The number of imidazole rings is 1. The first kappa shape index (κ1) is 22.8. The predicted octanol–water partition coefficient (Wildman–Crippen LogP) is 4.89. The van der Waals surface area contributed by atoms with Crippen molar-refractivity contribution >= 4 is 34.8 Å². The van der Waals surface area contributed by atoms with Gasteiger partial charge >= 0.3 is 0 Å². The van der Waals surface area contributed by atoms with Gasteiger partial charge in [-0.05, 0) is 23.3 Å². The number of carbonyl (C=O) groups excluding carboxylic acids is 1. The first-order chi connectivity index (χ1) is 15.4. The molecule has 0 unspecified atom stereocenters. The number of hydrogen-bond donors (Lipinski definition) is 2. The summed E-state index contributed by atoms with van der Waals surface area (Å²) in [6.45, 7) is 1.90.